The Hall–Kier alpha value is -2.25. The molecule has 1 N–H and O–H groups in total. The molecule has 0 aliphatic carbocycles. The molecule has 0 spiro atoms. The van der Waals surface area contributed by atoms with E-state index in [1.807, 2.05) is 35.7 Å². The Labute approximate surface area is 163 Å². The first-order chi connectivity index (χ1) is 13.2. The van der Waals surface area contributed by atoms with E-state index in [0.29, 0.717) is 45.5 Å². The Morgan fingerprint density at radius 3 is 2.96 bits per heavy atom. The summed E-state index contributed by atoms with van der Waals surface area (Å²) in [5, 5.41) is 6.06. The van der Waals surface area contributed by atoms with Crippen molar-refractivity contribution in [2.75, 3.05) is 33.4 Å². The third kappa shape index (κ3) is 5.37. The molecule has 2 amide bonds. The Balaban J connectivity index is 1.45. The van der Waals surface area contributed by atoms with Crippen molar-refractivity contribution in [1.29, 1.82) is 0 Å². The van der Waals surface area contributed by atoms with Gasteiger partial charge in [0.15, 0.2) is 0 Å². The van der Waals surface area contributed by atoms with Gasteiger partial charge >= 0.3 is 0 Å². The zero-order valence-corrected chi connectivity index (χ0v) is 16.3. The fraction of sp³-hybridized carbons (Fsp3) is 0.450. The lowest BCUT2D eigenvalue weighted by Gasteiger charge is -2.31. The molecule has 144 valence electrons. The molecule has 0 saturated carbocycles. The summed E-state index contributed by atoms with van der Waals surface area (Å²) in [6.07, 6.45) is 1.75. The minimum atomic E-state index is -0.143. The molecule has 0 unspecified atom stereocenters. The van der Waals surface area contributed by atoms with Crippen LogP contribution in [-0.4, -0.2) is 55.0 Å². The van der Waals surface area contributed by atoms with Crippen LogP contribution in [0, 0.1) is 5.92 Å². The van der Waals surface area contributed by atoms with Crippen LogP contribution in [0.4, 0.5) is 0 Å². The van der Waals surface area contributed by atoms with E-state index in [1.165, 1.54) is 0 Å². The fourth-order valence-corrected chi connectivity index (χ4v) is 3.96. The number of likely N-dealkylation sites (tertiary alicyclic amines) is 1. The second-order valence-corrected chi connectivity index (χ2v) is 7.54. The predicted molar refractivity (Wildman–Crippen MR) is 105 cm³/mol. The fourth-order valence-electron chi connectivity index (χ4n) is 3.15. The molecule has 1 aliphatic rings. The standard InChI is InChI=1S/C20H25N3O3S/c1-26-12-11-23-13-16(7-8-19(23)24)20(25)21-10-9-18-22-17(14-27-18)15-5-3-2-4-6-15/h2-6,14,16H,7-13H2,1H3,(H,21,25)/t16-/m1/s1. The third-order valence-corrected chi connectivity index (χ3v) is 5.60. The van der Waals surface area contributed by atoms with Crippen LogP contribution in [0.25, 0.3) is 11.3 Å². The van der Waals surface area contributed by atoms with Crippen molar-refractivity contribution in [3.63, 3.8) is 0 Å². The number of piperidine rings is 1. The number of hydrogen-bond donors (Lipinski definition) is 1. The van der Waals surface area contributed by atoms with Gasteiger partial charge in [0.25, 0.3) is 0 Å². The number of carbonyl (C=O) groups excluding carboxylic acids is 2. The molecule has 6 nitrogen and oxygen atoms in total. The van der Waals surface area contributed by atoms with Crippen LogP contribution in [0.5, 0.6) is 0 Å². The number of rotatable bonds is 8. The Morgan fingerprint density at radius 1 is 1.37 bits per heavy atom. The van der Waals surface area contributed by atoms with E-state index in [0.717, 1.165) is 16.3 Å². The summed E-state index contributed by atoms with van der Waals surface area (Å²) in [5.74, 6) is -0.0205. The molecule has 1 aromatic carbocycles. The molecule has 7 heteroatoms. The zero-order chi connectivity index (χ0) is 19.1. The third-order valence-electron chi connectivity index (χ3n) is 4.70. The highest BCUT2D eigenvalue weighted by molar-refractivity contribution is 7.09. The largest absolute Gasteiger partial charge is 0.383 e. The van der Waals surface area contributed by atoms with Gasteiger partial charge in [-0.15, -0.1) is 11.3 Å². The molecule has 27 heavy (non-hydrogen) atoms. The van der Waals surface area contributed by atoms with Gasteiger partial charge in [0.2, 0.25) is 11.8 Å². The molecule has 0 bridgehead atoms. The Morgan fingerprint density at radius 2 is 2.19 bits per heavy atom. The lowest BCUT2D eigenvalue weighted by Crippen LogP contribution is -2.47. The lowest BCUT2D eigenvalue weighted by atomic mass is 9.96. The van der Waals surface area contributed by atoms with Gasteiger partial charge in [-0.05, 0) is 6.42 Å². The summed E-state index contributed by atoms with van der Waals surface area (Å²) < 4.78 is 5.04. The van der Waals surface area contributed by atoms with Crippen molar-refractivity contribution in [3.05, 3.63) is 40.7 Å². The summed E-state index contributed by atoms with van der Waals surface area (Å²) in [6.45, 7) is 2.07. The van der Waals surface area contributed by atoms with Crippen molar-refractivity contribution >= 4 is 23.2 Å². The summed E-state index contributed by atoms with van der Waals surface area (Å²) in [6, 6.07) is 10.1. The molecule has 1 saturated heterocycles. The lowest BCUT2D eigenvalue weighted by molar-refractivity contribution is -0.138. The van der Waals surface area contributed by atoms with Crippen LogP contribution in [0.3, 0.4) is 0 Å². The summed E-state index contributed by atoms with van der Waals surface area (Å²) >= 11 is 1.61. The molecule has 2 aromatic rings. The Kier molecular flexibility index (Phi) is 6.95. The van der Waals surface area contributed by atoms with E-state index in [2.05, 4.69) is 10.3 Å². The van der Waals surface area contributed by atoms with E-state index in [-0.39, 0.29) is 17.7 Å². The minimum absolute atomic E-state index is 0.0183. The van der Waals surface area contributed by atoms with Gasteiger partial charge in [-0.25, -0.2) is 4.98 Å². The highest BCUT2D eigenvalue weighted by atomic mass is 32.1. The highest BCUT2D eigenvalue weighted by Crippen LogP contribution is 2.22. The van der Waals surface area contributed by atoms with Crippen molar-refractivity contribution in [1.82, 2.24) is 15.2 Å². The monoisotopic (exact) mass is 387 g/mol. The maximum atomic E-state index is 12.4. The first-order valence-electron chi connectivity index (χ1n) is 9.21. The van der Waals surface area contributed by atoms with Gasteiger partial charge in [-0.2, -0.15) is 0 Å². The van der Waals surface area contributed by atoms with E-state index >= 15 is 0 Å². The number of nitrogens with one attached hydrogen (secondary N) is 1. The maximum Gasteiger partial charge on any atom is 0.224 e. The number of thiazole rings is 1. The van der Waals surface area contributed by atoms with E-state index < -0.39 is 0 Å². The van der Waals surface area contributed by atoms with Crippen molar-refractivity contribution in [2.24, 2.45) is 5.92 Å². The summed E-state index contributed by atoms with van der Waals surface area (Å²) in [7, 11) is 1.61. The molecular formula is C20H25N3O3S. The molecule has 1 atom stereocenters. The molecule has 0 radical (unpaired) electrons. The molecule has 1 aliphatic heterocycles. The maximum absolute atomic E-state index is 12.4. The van der Waals surface area contributed by atoms with Gasteiger partial charge in [-0.3, -0.25) is 9.59 Å². The number of aromatic nitrogens is 1. The smallest absolute Gasteiger partial charge is 0.224 e. The average Bonchev–Trinajstić information content (AvgIpc) is 3.17. The van der Waals surface area contributed by atoms with Crippen LogP contribution < -0.4 is 5.32 Å². The second kappa shape index (κ2) is 9.62. The molecule has 3 rings (SSSR count). The van der Waals surface area contributed by atoms with E-state index in [4.69, 9.17) is 4.74 Å². The molecular weight excluding hydrogens is 362 g/mol. The van der Waals surface area contributed by atoms with Crippen LogP contribution in [0.1, 0.15) is 17.8 Å². The first kappa shape index (κ1) is 19.5. The number of ether oxygens (including phenoxy) is 1. The quantitative estimate of drug-likeness (QED) is 0.755. The number of amides is 2. The highest BCUT2D eigenvalue weighted by Gasteiger charge is 2.29. The van der Waals surface area contributed by atoms with Gasteiger partial charge < -0.3 is 15.0 Å². The summed E-state index contributed by atoms with van der Waals surface area (Å²) in [5.41, 5.74) is 2.08. The van der Waals surface area contributed by atoms with Crippen LogP contribution in [0.2, 0.25) is 0 Å². The van der Waals surface area contributed by atoms with Gasteiger partial charge in [0.1, 0.15) is 0 Å². The second-order valence-electron chi connectivity index (χ2n) is 6.60. The van der Waals surface area contributed by atoms with E-state index in [9.17, 15) is 9.59 Å². The number of carbonyl (C=O) groups is 2. The van der Waals surface area contributed by atoms with Gasteiger partial charge in [0.05, 0.1) is 23.2 Å². The first-order valence-corrected chi connectivity index (χ1v) is 10.1. The summed E-state index contributed by atoms with van der Waals surface area (Å²) in [4.78, 5) is 30.7. The molecule has 2 heterocycles. The molecule has 1 fully saturated rings. The number of hydrogen-bond acceptors (Lipinski definition) is 5. The van der Waals surface area contributed by atoms with Crippen molar-refractivity contribution in [3.8, 4) is 11.3 Å². The number of benzene rings is 1. The number of methoxy groups -OCH3 is 1. The predicted octanol–water partition coefficient (Wildman–Crippen LogP) is 2.35. The topological polar surface area (TPSA) is 71.5 Å². The molecule has 1 aromatic heterocycles. The SMILES string of the molecule is COCCN1C[C@H](C(=O)NCCc2nc(-c3ccccc3)cs2)CCC1=O. The van der Waals surface area contributed by atoms with Crippen LogP contribution in [0.15, 0.2) is 35.7 Å². The normalized spacial score (nSPS) is 17.1. The Bertz CT molecular complexity index is 763. The van der Waals surface area contributed by atoms with Crippen molar-refractivity contribution in [2.45, 2.75) is 19.3 Å². The average molecular weight is 388 g/mol. The van der Waals surface area contributed by atoms with Gasteiger partial charge in [0, 0.05) is 50.5 Å². The zero-order valence-electron chi connectivity index (χ0n) is 15.5. The van der Waals surface area contributed by atoms with Gasteiger partial charge in [-0.1, -0.05) is 30.3 Å². The van der Waals surface area contributed by atoms with Crippen LogP contribution >= 0.6 is 11.3 Å². The van der Waals surface area contributed by atoms with Crippen molar-refractivity contribution < 1.29 is 14.3 Å². The van der Waals surface area contributed by atoms with Crippen LogP contribution in [-0.2, 0) is 20.7 Å². The van der Waals surface area contributed by atoms with E-state index in [1.54, 1.807) is 23.3 Å². The number of nitrogens with zero attached hydrogens (tertiary/aromatic N) is 2. The minimum Gasteiger partial charge on any atom is -0.383 e.